The van der Waals surface area contributed by atoms with Crippen molar-refractivity contribution in [3.05, 3.63) is 76.8 Å². The smallest absolute Gasteiger partial charge is 0.254 e. The van der Waals surface area contributed by atoms with Gasteiger partial charge in [0.1, 0.15) is 5.75 Å². The Kier molecular flexibility index (Phi) is 6.66. The highest BCUT2D eigenvalue weighted by molar-refractivity contribution is 6.30. The highest BCUT2D eigenvalue weighted by Gasteiger charge is 2.30. The van der Waals surface area contributed by atoms with Crippen LogP contribution in [0.2, 0.25) is 5.02 Å². The molecule has 4 rings (SSSR count). The Morgan fingerprint density at radius 1 is 1.00 bits per heavy atom. The third-order valence-electron chi connectivity index (χ3n) is 6.18. The molecule has 1 aliphatic heterocycles. The van der Waals surface area contributed by atoms with Gasteiger partial charge in [-0.2, -0.15) is 0 Å². The summed E-state index contributed by atoms with van der Waals surface area (Å²) < 4.78 is 5.45. The van der Waals surface area contributed by atoms with Crippen LogP contribution in [0, 0.1) is 5.92 Å². The first-order valence-electron chi connectivity index (χ1n) is 10.8. The van der Waals surface area contributed by atoms with Crippen molar-refractivity contribution in [3.8, 4) is 5.75 Å². The minimum atomic E-state index is -0.0658. The van der Waals surface area contributed by atoms with Crippen molar-refractivity contribution < 1.29 is 14.3 Å². The Morgan fingerprint density at radius 3 is 2.31 bits per heavy atom. The molecule has 0 atom stereocenters. The number of hydrogen-bond acceptors (Lipinski definition) is 3. The summed E-state index contributed by atoms with van der Waals surface area (Å²) in [5.41, 5.74) is 1.72. The number of likely N-dealkylation sites (tertiary alicyclic amines) is 1. The molecule has 0 bridgehead atoms. The van der Waals surface area contributed by atoms with Gasteiger partial charge in [-0.05, 0) is 48.1 Å². The van der Waals surface area contributed by atoms with Crippen molar-refractivity contribution in [1.82, 2.24) is 9.80 Å². The Bertz CT molecular complexity index is 1120. The van der Waals surface area contributed by atoms with E-state index >= 15 is 0 Å². The number of fused-ring (bicyclic) bond motifs is 1. The minimum Gasteiger partial charge on any atom is -0.496 e. The molecule has 0 spiro atoms. The lowest BCUT2D eigenvalue weighted by Crippen LogP contribution is -2.43. The molecule has 5 nitrogen and oxygen atoms in total. The van der Waals surface area contributed by atoms with Gasteiger partial charge in [-0.25, -0.2) is 0 Å². The quantitative estimate of drug-likeness (QED) is 0.548. The normalized spacial score (nSPS) is 14.4. The maximum Gasteiger partial charge on any atom is 0.254 e. The molecule has 1 aliphatic rings. The lowest BCUT2D eigenvalue weighted by atomic mass is 9.94. The molecule has 3 aromatic rings. The SMILES string of the molecule is COc1ccc(C(=O)N2CCC(C(=O)N(C)Cc3ccc(Cl)cc3)CC2)c2ccccc12. The van der Waals surface area contributed by atoms with Gasteiger partial charge >= 0.3 is 0 Å². The topological polar surface area (TPSA) is 49.9 Å². The van der Waals surface area contributed by atoms with Gasteiger partial charge in [-0.3, -0.25) is 9.59 Å². The van der Waals surface area contributed by atoms with Crippen molar-refractivity contribution in [2.45, 2.75) is 19.4 Å². The Labute approximate surface area is 193 Å². The third kappa shape index (κ3) is 4.58. The summed E-state index contributed by atoms with van der Waals surface area (Å²) in [5, 5.41) is 2.50. The summed E-state index contributed by atoms with van der Waals surface area (Å²) in [4.78, 5) is 29.8. The number of nitrogens with zero attached hydrogens (tertiary/aromatic N) is 2. The molecule has 32 heavy (non-hydrogen) atoms. The van der Waals surface area contributed by atoms with Crippen LogP contribution in [0.4, 0.5) is 0 Å². The van der Waals surface area contributed by atoms with E-state index in [1.807, 2.05) is 72.6 Å². The van der Waals surface area contributed by atoms with Crippen LogP contribution in [0.25, 0.3) is 10.8 Å². The summed E-state index contributed by atoms with van der Waals surface area (Å²) >= 11 is 5.94. The van der Waals surface area contributed by atoms with Gasteiger partial charge in [0.2, 0.25) is 5.91 Å². The Morgan fingerprint density at radius 2 is 1.66 bits per heavy atom. The van der Waals surface area contributed by atoms with E-state index < -0.39 is 0 Å². The highest BCUT2D eigenvalue weighted by Crippen LogP contribution is 2.30. The average Bonchev–Trinajstić information content (AvgIpc) is 2.84. The molecule has 6 heteroatoms. The number of carbonyl (C=O) groups is 2. The second kappa shape index (κ2) is 9.61. The van der Waals surface area contributed by atoms with Crippen LogP contribution >= 0.6 is 11.6 Å². The fraction of sp³-hybridized carbons (Fsp3) is 0.308. The van der Waals surface area contributed by atoms with Crippen molar-refractivity contribution >= 4 is 34.2 Å². The Hall–Kier alpha value is -3.05. The van der Waals surface area contributed by atoms with E-state index in [2.05, 4.69) is 0 Å². The molecule has 1 fully saturated rings. The molecule has 1 heterocycles. The van der Waals surface area contributed by atoms with E-state index in [9.17, 15) is 9.59 Å². The van der Waals surface area contributed by atoms with Crippen molar-refractivity contribution in [1.29, 1.82) is 0 Å². The van der Waals surface area contributed by atoms with E-state index in [0.29, 0.717) is 43.1 Å². The molecular weight excluding hydrogens is 424 g/mol. The number of ether oxygens (including phenoxy) is 1. The second-order valence-corrected chi connectivity index (χ2v) is 8.68. The molecule has 166 valence electrons. The third-order valence-corrected chi connectivity index (χ3v) is 6.43. The molecule has 0 unspecified atom stereocenters. The average molecular weight is 451 g/mol. The minimum absolute atomic E-state index is 0.00395. The molecule has 2 amide bonds. The molecule has 0 aromatic heterocycles. The van der Waals surface area contributed by atoms with Crippen LogP contribution in [-0.4, -0.2) is 48.9 Å². The predicted octanol–water partition coefficient (Wildman–Crippen LogP) is 5.01. The number of halogens is 1. The molecule has 0 saturated carbocycles. The number of carbonyl (C=O) groups excluding carboxylic acids is 2. The first-order valence-corrected chi connectivity index (χ1v) is 11.2. The maximum atomic E-state index is 13.3. The number of amides is 2. The zero-order chi connectivity index (χ0) is 22.7. The van der Waals surface area contributed by atoms with Gasteiger partial charge in [-0.15, -0.1) is 0 Å². The number of methoxy groups -OCH3 is 1. The fourth-order valence-corrected chi connectivity index (χ4v) is 4.52. The summed E-state index contributed by atoms with van der Waals surface area (Å²) in [6, 6.07) is 19.0. The number of benzene rings is 3. The van der Waals surface area contributed by atoms with Crippen LogP contribution in [0.15, 0.2) is 60.7 Å². The standard InChI is InChI=1S/C26H27ClN2O3/c1-28(17-18-7-9-20(27)10-8-18)25(30)19-13-15-29(16-14-19)26(31)23-11-12-24(32-2)22-6-4-3-5-21(22)23/h3-12,19H,13-17H2,1-2H3. The van der Waals surface area contributed by atoms with Gasteiger partial charge in [0.25, 0.3) is 5.91 Å². The summed E-state index contributed by atoms with van der Waals surface area (Å²) in [6.45, 7) is 1.70. The first kappa shape index (κ1) is 22.2. The van der Waals surface area contributed by atoms with E-state index in [0.717, 1.165) is 22.1 Å². The van der Waals surface area contributed by atoms with Gasteiger partial charge in [0, 0.05) is 48.6 Å². The van der Waals surface area contributed by atoms with Crippen molar-refractivity contribution in [2.24, 2.45) is 5.92 Å². The van der Waals surface area contributed by atoms with E-state index in [1.54, 1.807) is 12.0 Å². The van der Waals surface area contributed by atoms with Crippen LogP contribution in [0.1, 0.15) is 28.8 Å². The highest BCUT2D eigenvalue weighted by atomic mass is 35.5. The summed E-state index contributed by atoms with van der Waals surface area (Å²) in [5.74, 6) is 0.820. The number of rotatable bonds is 5. The summed E-state index contributed by atoms with van der Waals surface area (Å²) in [6.07, 6.45) is 1.34. The zero-order valence-electron chi connectivity index (χ0n) is 18.4. The Balaban J connectivity index is 1.40. The van der Waals surface area contributed by atoms with Gasteiger partial charge in [-0.1, -0.05) is 48.0 Å². The molecule has 0 N–H and O–H groups in total. The van der Waals surface area contributed by atoms with Crippen LogP contribution in [0.5, 0.6) is 5.75 Å². The molecule has 1 saturated heterocycles. The molecule has 0 radical (unpaired) electrons. The summed E-state index contributed by atoms with van der Waals surface area (Å²) in [7, 11) is 3.47. The monoisotopic (exact) mass is 450 g/mol. The van der Waals surface area contributed by atoms with Crippen molar-refractivity contribution in [3.63, 3.8) is 0 Å². The van der Waals surface area contributed by atoms with E-state index in [1.165, 1.54) is 0 Å². The van der Waals surface area contributed by atoms with Crippen LogP contribution < -0.4 is 4.74 Å². The first-order chi connectivity index (χ1) is 15.5. The number of piperidine rings is 1. The van der Waals surface area contributed by atoms with Gasteiger partial charge < -0.3 is 14.5 Å². The second-order valence-electron chi connectivity index (χ2n) is 8.25. The maximum absolute atomic E-state index is 13.3. The molecule has 3 aromatic carbocycles. The van der Waals surface area contributed by atoms with Crippen molar-refractivity contribution in [2.75, 3.05) is 27.2 Å². The fourth-order valence-electron chi connectivity index (χ4n) is 4.39. The number of hydrogen-bond donors (Lipinski definition) is 0. The predicted molar refractivity (Wildman–Crippen MR) is 127 cm³/mol. The largest absolute Gasteiger partial charge is 0.496 e. The van der Waals surface area contributed by atoms with Gasteiger partial charge in [0.15, 0.2) is 0 Å². The molecular formula is C26H27ClN2O3. The van der Waals surface area contributed by atoms with Crippen LogP contribution in [-0.2, 0) is 11.3 Å². The molecule has 0 aliphatic carbocycles. The van der Waals surface area contributed by atoms with E-state index in [4.69, 9.17) is 16.3 Å². The van der Waals surface area contributed by atoms with Gasteiger partial charge in [0.05, 0.1) is 7.11 Å². The lowest BCUT2D eigenvalue weighted by molar-refractivity contribution is -0.136. The lowest BCUT2D eigenvalue weighted by Gasteiger charge is -2.33. The van der Waals surface area contributed by atoms with Crippen LogP contribution in [0.3, 0.4) is 0 Å². The zero-order valence-corrected chi connectivity index (χ0v) is 19.1. The van der Waals surface area contributed by atoms with E-state index in [-0.39, 0.29) is 17.7 Å².